The minimum Gasteiger partial charge on any atom is -0.368 e. The summed E-state index contributed by atoms with van der Waals surface area (Å²) in [5.74, 6) is -0.684. The summed E-state index contributed by atoms with van der Waals surface area (Å²) < 4.78 is 0. The van der Waals surface area contributed by atoms with E-state index >= 15 is 0 Å². The fourth-order valence-corrected chi connectivity index (χ4v) is 0.855. The minimum atomic E-state index is -0.584. The molecular weight excluding hydrogens is 156 g/mol. The molecule has 0 bridgehead atoms. The van der Waals surface area contributed by atoms with Gasteiger partial charge in [-0.2, -0.15) is 0 Å². The molecule has 0 radical (unpaired) electrons. The summed E-state index contributed by atoms with van der Waals surface area (Å²) in [7, 11) is 0. The first-order chi connectivity index (χ1) is 5.61. The molecule has 0 aromatic rings. The van der Waals surface area contributed by atoms with Gasteiger partial charge in [-0.1, -0.05) is 6.08 Å². The van der Waals surface area contributed by atoms with E-state index in [1.807, 2.05) is 6.08 Å². The maximum atomic E-state index is 11.2. The average molecular weight is 168 g/mol. The van der Waals surface area contributed by atoms with Crippen LogP contribution in [0.5, 0.6) is 0 Å². The van der Waals surface area contributed by atoms with Crippen LogP contribution in [-0.4, -0.2) is 17.9 Å². The first kappa shape index (κ1) is 8.77. The van der Waals surface area contributed by atoms with Crippen molar-refractivity contribution in [3.8, 4) is 0 Å². The Hall–Kier alpha value is -1.32. The molecule has 0 aliphatic heterocycles. The van der Waals surface area contributed by atoms with E-state index in [0.29, 0.717) is 0 Å². The molecule has 66 valence electrons. The van der Waals surface area contributed by atoms with Crippen molar-refractivity contribution < 1.29 is 9.59 Å². The number of carbonyl (C=O) groups is 2. The summed E-state index contributed by atoms with van der Waals surface area (Å²) >= 11 is 0. The SMILES string of the molecule is CC(NC(=O)C1=CCC1)C(N)=O. The predicted octanol–water partition coefficient (Wildman–Crippen LogP) is -0.303. The predicted molar refractivity (Wildman–Crippen MR) is 44.1 cm³/mol. The number of carbonyl (C=O) groups excluding carboxylic acids is 2. The van der Waals surface area contributed by atoms with E-state index in [0.717, 1.165) is 18.4 Å². The lowest BCUT2D eigenvalue weighted by Gasteiger charge is -2.16. The Bertz CT molecular complexity index is 245. The van der Waals surface area contributed by atoms with Crippen molar-refractivity contribution in [3.05, 3.63) is 11.6 Å². The number of rotatable bonds is 3. The lowest BCUT2D eigenvalue weighted by Crippen LogP contribution is -2.43. The smallest absolute Gasteiger partial charge is 0.247 e. The van der Waals surface area contributed by atoms with Crippen LogP contribution in [0, 0.1) is 0 Å². The standard InChI is InChI=1S/C8H12N2O2/c1-5(7(9)11)10-8(12)6-3-2-4-6/h3,5H,2,4H2,1H3,(H2,9,11)(H,10,12). The van der Waals surface area contributed by atoms with Gasteiger partial charge in [0.1, 0.15) is 6.04 Å². The monoisotopic (exact) mass is 168 g/mol. The molecule has 1 atom stereocenters. The number of nitrogens with one attached hydrogen (secondary N) is 1. The van der Waals surface area contributed by atoms with E-state index in [1.165, 1.54) is 0 Å². The second kappa shape index (κ2) is 3.38. The van der Waals surface area contributed by atoms with Gasteiger partial charge in [-0.3, -0.25) is 9.59 Å². The van der Waals surface area contributed by atoms with Gasteiger partial charge >= 0.3 is 0 Å². The van der Waals surface area contributed by atoms with Crippen molar-refractivity contribution in [1.82, 2.24) is 5.32 Å². The number of nitrogens with two attached hydrogens (primary N) is 1. The van der Waals surface area contributed by atoms with Crippen molar-refractivity contribution in [2.75, 3.05) is 0 Å². The van der Waals surface area contributed by atoms with Crippen LogP contribution in [0.4, 0.5) is 0 Å². The quantitative estimate of drug-likeness (QED) is 0.607. The molecule has 0 heterocycles. The van der Waals surface area contributed by atoms with Gasteiger partial charge < -0.3 is 11.1 Å². The summed E-state index contributed by atoms with van der Waals surface area (Å²) in [6.07, 6.45) is 3.61. The van der Waals surface area contributed by atoms with E-state index in [-0.39, 0.29) is 5.91 Å². The lowest BCUT2D eigenvalue weighted by molar-refractivity contribution is -0.125. The largest absolute Gasteiger partial charge is 0.368 e. The van der Waals surface area contributed by atoms with Gasteiger partial charge in [-0.05, 0) is 19.8 Å². The number of allylic oxidation sites excluding steroid dienone is 1. The third-order valence-corrected chi connectivity index (χ3v) is 1.87. The molecule has 1 aliphatic carbocycles. The van der Waals surface area contributed by atoms with Crippen LogP contribution in [-0.2, 0) is 9.59 Å². The van der Waals surface area contributed by atoms with Gasteiger partial charge in [0.05, 0.1) is 0 Å². The molecule has 0 saturated carbocycles. The second-order valence-electron chi connectivity index (χ2n) is 2.87. The number of hydrogen-bond acceptors (Lipinski definition) is 2. The van der Waals surface area contributed by atoms with Crippen LogP contribution in [0.25, 0.3) is 0 Å². The Labute approximate surface area is 70.8 Å². The maximum absolute atomic E-state index is 11.2. The zero-order valence-electron chi connectivity index (χ0n) is 6.96. The fraction of sp³-hybridized carbons (Fsp3) is 0.500. The summed E-state index contributed by atoms with van der Waals surface area (Å²) in [6, 6.07) is -0.584. The Morgan fingerprint density at radius 1 is 1.67 bits per heavy atom. The normalized spacial score (nSPS) is 17.2. The van der Waals surface area contributed by atoms with Crippen LogP contribution in [0.15, 0.2) is 11.6 Å². The lowest BCUT2D eigenvalue weighted by atomic mass is 9.98. The van der Waals surface area contributed by atoms with Crippen LogP contribution < -0.4 is 11.1 Å². The molecule has 2 amide bonds. The molecule has 12 heavy (non-hydrogen) atoms. The number of primary amides is 1. The molecule has 0 aromatic carbocycles. The third kappa shape index (κ3) is 1.84. The fourth-order valence-electron chi connectivity index (χ4n) is 0.855. The van der Waals surface area contributed by atoms with Crippen molar-refractivity contribution in [3.63, 3.8) is 0 Å². The molecule has 1 rings (SSSR count). The molecule has 1 unspecified atom stereocenters. The van der Waals surface area contributed by atoms with Gasteiger partial charge in [-0.25, -0.2) is 0 Å². The van der Waals surface area contributed by atoms with E-state index in [1.54, 1.807) is 6.92 Å². The minimum absolute atomic E-state index is 0.174. The molecule has 4 nitrogen and oxygen atoms in total. The molecular formula is C8H12N2O2. The molecule has 0 aromatic heterocycles. The number of amides is 2. The van der Waals surface area contributed by atoms with Crippen LogP contribution >= 0.6 is 0 Å². The van der Waals surface area contributed by atoms with E-state index in [9.17, 15) is 9.59 Å². The van der Waals surface area contributed by atoms with Gasteiger partial charge in [0, 0.05) is 5.57 Å². The van der Waals surface area contributed by atoms with Gasteiger partial charge in [0.15, 0.2) is 0 Å². The maximum Gasteiger partial charge on any atom is 0.247 e. The van der Waals surface area contributed by atoms with Gasteiger partial charge in [0.25, 0.3) is 0 Å². The topological polar surface area (TPSA) is 72.2 Å². The summed E-state index contributed by atoms with van der Waals surface area (Å²) in [6.45, 7) is 1.57. The van der Waals surface area contributed by atoms with E-state index in [2.05, 4.69) is 5.32 Å². The van der Waals surface area contributed by atoms with Crippen molar-refractivity contribution in [2.24, 2.45) is 5.73 Å². The molecule has 0 saturated heterocycles. The summed E-state index contributed by atoms with van der Waals surface area (Å²) in [4.78, 5) is 21.7. The highest BCUT2D eigenvalue weighted by Gasteiger charge is 2.18. The van der Waals surface area contributed by atoms with E-state index in [4.69, 9.17) is 5.73 Å². The van der Waals surface area contributed by atoms with Crippen molar-refractivity contribution in [1.29, 1.82) is 0 Å². The van der Waals surface area contributed by atoms with Crippen LogP contribution in [0.2, 0.25) is 0 Å². The van der Waals surface area contributed by atoms with Crippen molar-refractivity contribution >= 4 is 11.8 Å². The highest BCUT2D eigenvalue weighted by atomic mass is 16.2. The Morgan fingerprint density at radius 3 is 2.58 bits per heavy atom. The summed E-state index contributed by atoms with van der Waals surface area (Å²) in [5.41, 5.74) is 5.72. The third-order valence-electron chi connectivity index (χ3n) is 1.87. The van der Waals surface area contributed by atoms with E-state index < -0.39 is 11.9 Å². The molecule has 0 fully saturated rings. The van der Waals surface area contributed by atoms with Gasteiger partial charge in [-0.15, -0.1) is 0 Å². The van der Waals surface area contributed by atoms with Crippen LogP contribution in [0.1, 0.15) is 19.8 Å². The first-order valence-corrected chi connectivity index (χ1v) is 3.90. The zero-order valence-corrected chi connectivity index (χ0v) is 6.96. The summed E-state index contributed by atoms with van der Waals surface area (Å²) in [5, 5.41) is 2.50. The molecule has 4 heteroatoms. The zero-order chi connectivity index (χ0) is 9.14. The van der Waals surface area contributed by atoms with Crippen molar-refractivity contribution in [2.45, 2.75) is 25.8 Å². The number of hydrogen-bond donors (Lipinski definition) is 2. The Balaban J connectivity index is 2.40. The Morgan fingerprint density at radius 2 is 2.25 bits per heavy atom. The van der Waals surface area contributed by atoms with Gasteiger partial charge in [0.2, 0.25) is 11.8 Å². The molecule has 0 spiro atoms. The highest BCUT2D eigenvalue weighted by molar-refractivity contribution is 5.97. The Kier molecular flexibility index (Phi) is 2.47. The highest BCUT2D eigenvalue weighted by Crippen LogP contribution is 2.17. The first-order valence-electron chi connectivity index (χ1n) is 3.90. The molecule has 1 aliphatic rings. The second-order valence-corrected chi connectivity index (χ2v) is 2.87. The van der Waals surface area contributed by atoms with Crippen LogP contribution in [0.3, 0.4) is 0 Å². The average Bonchev–Trinajstić information content (AvgIpc) is 1.82. The molecule has 3 N–H and O–H groups in total.